The Morgan fingerprint density at radius 1 is 1.19 bits per heavy atom. The number of carbonyl (C=O) groups excluding carboxylic acids is 1. The maximum Gasteiger partial charge on any atom is 0.419 e. The van der Waals surface area contributed by atoms with E-state index in [2.05, 4.69) is 25.5 Å². The molecular formula is C22H27F4N7O3. The fraction of sp³-hybridized carbons (Fsp3) is 0.591. The molecule has 2 fully saturated rings. The molecule has 1 amide bonds. The molecule has 0 bridgehead atoms. The van der Waals surface area contributed by atoms with Gasteiger partial charge in [-0.2, -0.15) is 18.3 Å². The number of ether oxygens (including phenoxy) is 1. The van der Waals surface area contributed by atoms with Crippen molar-refractivity contribution in [1.29, 1.82) is 0 Å². The molecule has 2 saturated heterocycles. The van der Waals surface area contributed by atoms with E-state index in [-0.39, 0.29) is 43.0 Å². The number of aromatic amines is 1. The van der Waals surface area contributed by atoms with Crippen LogP contribution in [0.1, 0.15) is 30.9 Å². The molecule has 4 atom stereocenters. The van der Waals surface area contributed by atoms with Gasteiger partial charge in [-0.3, -0.25) is 9.59 Å². The van der Waals surface area contributed by atoms with Gasteiger partial charge >= 0.3 is 6.18 Å². The van der Waals surface area contributed by atoms with Crippen molar-refractivity contribution in [2.24, 2.45) is 0 Å². The summed E-state index contributed by atoms with van der Waals surface area (Å²) in [6, 6.07) is -0.868. The number of rotatable bonds is 7. The Morgan fingerprint density at radius 3 is 2.58 bits per heavy atom. The number of hydrogen-bond acceptors (Lipinski definition) is 8. The molecule has 36 heavy (non-hydrogen) atoms. The van der Waals surface area contributed by atoms with E-state index in [0.717, 1.165) is 0 Å². The summed E-state index contributed by atoms with van der Waals surface area (Å²) in [6.45, 7) is 4.22. The van der Waals surface area contributed by atoms with Gasteiger partial charge in [0.1, 0.15) is 12.3 Å². The molecule has 0 spiro atoms. The summed E-state index contributed by atoms with van der Waals surface area (Å²) < 4.78 is 59.0. The molecule has 0 radical (unpaired) electrons. The largest absolute Gasteiger partial charge is 0.419 e. The summed E-state index contributed by atoms with van der Waals surface area (Å²) in [5, 5.41) is 9.24. The van der Waals surface area contributed by atoms with Crippen LogP contribution in [0, 0.1) is 6.92 Å². The van der Waals surface area contributed by atoms with Gasteiger partial charge in [0.2, 0.25) is 5.95 Å². The second-order valence-corrected chi connectivity index (χ2v) is 9.01. The van der Waals surface area contributed by atoms with E-state index in [1.54, 1.807) is 6.92 Å². The van der Waals surface area contributed by atoms with Crippen LogP contribution in [0.5, 0.6) is 0 Å². The predicted octanol–water partition coefficient (Wildman–Crippen LogP) is 1.92. The number of piperidine rings is 1. The Bertz CT molecular complexity index is 1130. The van der Waals surface area contributed by atoms with Gasteiger partial charge in [-0.05, 0) is 20.3 Å². The van der Waals surface area contributed by atoms with Crippen LogP contribution < -0.4 is 15.8 Å². The average Bonchev–Trinajstić information content (AvgIpc) is 3.20. The highest BCUT2D eigenvalue weighted by atomic mass is 19.4. The number of nitrogens with zero attached hydrogens (tertiary/aromatic N) is 5. The molecule has 2 aliphatic rings. The van der Waals surface area contributed by atoms with Crippen LogP contribution >= 0.6 is 0 Å². The van der Waals surface area contributed by atoms with Crippen molar-refractivity contribution >= 4 is 17.5 Å². The summed E-state index contributed by atoms with van der Waals surface area (Å²) in [5.74, 6) is -0.270. The highest BCUT2D eigenvalue weighted by Crippen LogP contribution is 2.30. The van der Waals surface area contributed by atoms with Crippen molar-refractivity contribution in [1.82, 2.24) is 25.1 Å². The van der Waals surface area contributed by atoms with Gasteiger partial charge in [-0.25, -0.2) is 19.5 Å². The van der Waals surface area contributed by atoms with E-state index in [1.807, 2.05) is 6.92 Å². The molecule has 2 N–H and O–H groups in total. The standard InChI is InChI=1S/C22H27F4N7O3/c1-12(30-16-9-29-31-19(34)13(16)2)11-36-18-4-6-33(20(18)35)17-3-5-32(10-15(17)23)21-27-7-14(8-28-21)22(24,25)26/h7-9,12,15,17-18H,3-6,10-11H2,1-2H3,(H2,30,31,34)/t12-,15-,17+,18+/m0/s1. The van der Waals surface area contributed by atoms with Gasteiger partial charge in [0.15, 0.2) is 0 Å². The number of amides is 1. The quantitative estimate of drug-likeness (QED) is 0.540. The lowest BCUT2D eigenvalue weighted by molar-refractivity contribution is -0.140. The van der Waals surface area contributed by atoms with E-state index in [4.69, 9.17) is 4.74 Å². The van der Waals surface area contributed by atoms with Crippen LogP contribution in [0.2, 0.25) is 0 Å². The van der Waals surface area contributed by atoms with Crippen LogP contribution in [-0.4, -0.2) is 81.6 Å². The molecule has 4 rings (SSSR count). The molecule has 4 heterocycles. The summed E-state index contributed by atoms with van der Waals surface area (Å²) in [7, 11) is 0. The Hall–Kier alpha value is -3.29. The lowest BCUT2D eigenvalue weighted by Gasteiger charge is -2.39. The normalized spacial score (nSPS) is 23.7. The first-order valence-electron chi connectivity index (χ1n) is 11.6. The van der Waals surface area contributed by atoms with Gasteiger partial charge in [0.05, 0.1) is 36.6 Å². The predicted molar refractivity (Wildman–Crippen MR) is 121 cm³/mol. The first-order valence-corrected chi connectivity index (χ1v) is 11.6. The van der Waals surface area contributed by atoms with Crippen molar-refractivity contribution < 1.29 is 27.1 Å². The minimum absolute atomic E-state index is 0.0189. The minimum atomic E-state index is -4.55. The Balaban J connectivity index is 1.28. The fourth-order valence-corrected chi connectivity index (χ4v) is 4.39. The summed E-state index contributed by atoms with van der Waals surface area (Å²) >= 11 is 0. The molecule has 0 aliphatic carbocycles. The number of aromatic nitrogens is 4. The van der Waals surface area contributed by atoms with Crippen molar-refractivity contribution in [3.63, 3.8) is 0 Å². The first-order chi connectivity index (χ1) is 17.0. The number of carbonyl (C=O) groups is 1. The van der Waals surface area contributed by atoms with Crippen molar-refractivity contribution in [2.75, 3.05) is 36.5 Å². The van der Waals surface area contributed by atoms with Crippen LogP contribution in [0.25, 0.3) is 0 Å². The topological polar surface area (TPSA) is 116 Å². The molecule has 196 valence electrons. The van der Waals surface area contributed by atoms with E-state index in [0.29, 0.717) is 43.2 Å². The maximum atomic E-state index is 15.1. The zero-order valence-corrected chi connectivity index (χ0v) is 19.8. The van der Waals surface area contributed by atoms with Crippen LogP contribution in [0.4, 0.5) is 29.2 Å². The van der Waals surface area contributed by atoms with Gasteiger partial charge < -0.3 is 19.9 Å². The molecule has 14 heteroatoms. The summed E-state index contributed by atoms with van der Waals surface area (Å²) in [6.07, 6.45) is -3.10. The number of nitrogens with one attached hydrogen (secondary N) is 2. The zero-order valence-electron chi connectivity index (χ0n) is 19.8. The Kier molecular flexibility index (Phi) is 7.43. The molecule has 2 aromatic rings. The molecule has 0 unspecified atom stereocenters. The van der Waals surface area contributed by atoms with Gasteiger partial charge in [0.25, 0.3) is 11.5 Å². The Labute approximate surface area is 204 Å². The minimum Gasteiger partial charge on any atom is -0.379 e. The number of halogens is 4. The molecule has 2 aromatic heterocycles. The first kappa shape index (κ1) is 25.8. The lowest BCUT2D eigenvalue weighted by atomic mass is 10.0. The average molecular weight is 513 g/mol. The van der Waals surface area contributed by atoms with Crippen molar-refractivity contribution in [2.45, 2.75) is 57.2 Å². The zero-order chi connectivity index (χ0) is 26.0. The number of anilines is 2. The maximum absolute atomic E-state index is 15.1. The van der Waals surface area contributed by atoms with E-state index >= 15 is 4.39 Å². The number of likely N-dealkylation sites (tertiary alicyclic amines) is 1. The number of H-pyrrole nitrogens is 1. The number of hydrogen-bond donors (Lipinski definition) is 2. The Morgan fingerprint density at radius 2 is 1.92 bits per heavy atom. The number of alkyl halides is 4. The van der Waals surface area contributed by atoms with Crippen LogP contribution in [0.3, 0.4) is 0 Å². The van der Waals surface area contributed by atoms with Crippen molar-refractivity contribution in [3.05, 3.63) is 40.1 Å². The third-order valence-corrected chi connectivity index (χ3v) is 6.40. The smallest absolute Gasteiger partial charge is 0.379 e. The second kappa shape index (κ2) is 10.4. The van der Waals surface area contributed by atoms with Crippen LogP contribution in [-0.2, 0) is 15.7 Å². The molecule has 0 saturated carbocycles. The third kappa shape index (κ3) is 5.58. The molecular weight excluding hydrogens is 486 g/mol. The monoisotopic (exact) mass is 513 g/mol. The highest BCUT2D eigenvalue weighted by molar-refractivity contribution is 5.83. The lowest BCUT2D eigenvalue weighted by Crippen LogP contribution is -2.54. The summed E-state index contributed by atoms with van der Waals surface area (Å²) in [5.41, 5.74) is -0.216. The molecule has 2 aliphatic heterocycles. The van der Waals surface area contributed by atoms with Gasteiger partial charge in [-0.1, -0.05) is 0 Å². The van der Waals surface area contributed by atoms with Crippen LogP contribution in [0.15, 0.2) is 23.4 Å². The second-order valence-electron chi connectivity index (χ2n) is 9.01. The van der Waals surface area contributed by atoms with E-state index in [1.165, 1.54) is 16.0 Å². The third-order valence-electron chi connectivity index (χ3n) is 6.40. The van der Waals surface area contributed by atoms with Gasteiger partial charge in [0, 0.05) is 43.5 Å². The molecule has 0 aromatic carbocycles. The fourth-order valence-electron chi connectivity index (χ4n) is 4.39. The van der Waals surface area contributed by atoms with E-state index in [9.17, 15) is 22.8 Å². The highest BCUT2D eigenvalue weighted by Gasteiger charge is 2.42. The molecule has 10 nitrogen and oxygen atoms in total. The SMILES string of the molecule is Cc1c(N[C@@H](C)CO[C@@H]2CCN([C@@H]3CCN(c4ncc(C(F)(F)F)cn4)C[C@@H]3F)C2=O)cn[nH]c1=O. The van der Waals surface area contributed by atoms with Gasteiger partial charge in [-0.15, -0.1) is 0 Å². The van der Waals surface area contributed by atoms with E-state index < -0.39 is 30.1 Å². The van der Waals surface area contributed by atoms with Crippen molar-refractivity contribution in [3.8, 4) is 0 Å². The summed E-state index contributed by atoms with van der Waals surface area (Å²) in [4.78, 5) is 35.0.